The number of thiophene rings is 1. The highest BCUT2D eigenvalue weighted by Crippen LogP contribution is 2.42. The molecule has 2 saturated heterocycles. The molecule has 0 aromatic carbocycles. The van der Waals surface area contributed by atoms with E-state index in [4.69, 9.17) is 9.57 Å². The molecule has 82 valence electrons. The SMILES string of the molecule is Brc1csc(C23COCCC2CON3)c1. The van der Waals surface area contributed by atoms with Crippen LogP contribution in [-0.4, -0.2) is 19.8 Å². The molecule has 15 heavy (non-hydrogen) atoms. The molecule has 3 nitrogen and oxygen atoms in total. The van der Waals surface area contributed by atoms with Gasteiger partial charge in [-0.05, 0) is 28.4 Å². The molecular formula is C10H12BrNO2S. The van der Waals surface area contributed by atoms with Crippen LogP contribution in [0.4, 0.5) is 0 Å². The molecular weight excluding hydrogens is 278 g/mol. The van der Waals surface area contributed by atoms with Crippen LogP contribution in [0.5, 0.6) is 0 Å². The number of fused-ring (bicyclic) bond motifs is 1. The highest BCUT2D eigenvalue weighted by Gasteiger charge is 2.48. The van der Waals surface area contributed by atoms with Crippen LogP contribution in [0, 0.1) is 5.92 Å². The van der Waals surface area contributed by atoms with Crippen LogP contribution in [0.3, 0.4) is 0 Å². The summed E-state index contributed by atoms with van der Waals surface area (Å²) in [7, 11) is 0. The molecule has 0 saturated carbocycles. The topological polar surface area (TPSA) is 30.5 Å². The molecule has 2 unspecified atom stereocenters. The van der Waals surface area contributed by atoms with Crippen LogP contribution >= 0.6 is 27.3 Å². The number of halogens is 1. The predicted octanol–water partition coefficient (Wildman–Crippen LogP) is 2.28. The van der Waals surface area contributed by atoms with E-state index in [2.05, 4.69) is 32.9 Å². The van der Waals surface area contributed by atoms with Gasteiger partial charge < -0.3 is 9.57 Å². The van der Waals surface area contributed by atoms with Gasteiger partial charge in [-0.25, -0.2) is 0 Å². The van der Waals surface area contributed by atoms with E-state index in [9.17, 15) is 0 Å². The van der Waals surface area contributed by atoms with Crippen molar-refractivity contribution in [1.82, 2.24) is 5.48 Å². The van der Waals surface area contributed by atoms with E-state index >= 15 is 0 Å². The van der Waals surface area contributed by atoms with Gasteiger partial charge in [-0.3, -0.25) is 0 Å². The Bertz CT molecular complexity index is 370. The van der Waals surface area contributed by atoms with Crippen LogP contribution < -0.4 is 5.48 Å². The summed E-state index contributed by atoms with van der Waals surface area (Å²) >= 11 is 5.25. The van der Waals surface area contributed by atoms with Gasteiger partial charge >= 0.3 is 0 Å². The van der Waals surface area contributed by atoms with Gasteiger partial charge in [-0.2, -0.15) is 5.48 Å². The molecule has 2 atom stereocenters. The molecule has 3 heterocycles. The first kappa shape index (κ1) is 10.2. The molecule has 1 aromatic rings. The second-order valence-electron chi connectivity index (χ2n) is 4.05. The molecule has 3 rings (SSSR count). The smallest absolute Gasteiger partial charge is 0.106 e. The summed E-state index contributed by atoms with van der Waals surface area (Å²) in [4.78, 5) is 6.72. The minimum atomic E-state index is -0.102. The van der Waals surface area contributed by atoms with E-state index in [-0.39, 0.29) is 5.54 Å². The van der Waals surface area contributed by atoms with Crippen molar-refractivity contribution in [3.8, 4) is 0 Å². The first-order chi connectivity index (χ1) is 7.31. The Morgan fingerprint density at radius 2 is 2.53 bits per heavy atom. The van der Waals surface area contributed by atoms with Gasteiger partial charge in [0.2, 0.25) is 0 Å². The average Bonchev–Trinajstić information content (AvgIpc) is 2.83. The number of nitrogens with one attached hydrogen (secondary N) is 1. The lowest BCUT2D eigenvalue weighted by Crippen LogP contribution is -2.48. The summed E-state index contributed by atoms with van der Waals surface area (Å²) in [5.41, 5.74) is 3.06. The van der Waals surface area contributed by atoms with Crippen LogP contribution in [0.15, 0.2) is 15.9 Å². The summed E-state index contributed by atoms with van der Waals surface area (Å²) in [6.07, 6.45) is 1.07. The van der Waals surface area contributed by atoms with Crippen molar-refractivity contribution in [1.29, 1.82) is 0 Å². The molecule has 0 radical (unpaired) electrons. The molecule has 0 aliphatic carbocycles. The largest absolute Gasteiger partial charge is 0.379 e. The third-order valence-electron chi connectivity index (χ3n) is 3.18. The van der Waals surface area contributed by atoms with E-state index in [0.29, 0.717) is 12.5 Å². The number of rotatable bonds is 1. The second kappa shape index (κ2) is 3.82. The molecule has 0 bridgehead atoms. The van der Waals surface area contributed by atoms with Crippen molar-refractivity contribution >= 4 is 27.3 Å². The summed E-state index contributed by atoms with van der Waals surface area (Å²) in [5, 5.41) is 2.11. The number of hydrogen-bond donors (Lipinski definition) is 1. The Kier molecular flexibility index (Phi) is 2.60. The normalized spacial score (nSPS) is 35.4. The number of hydrogen-bond acceptors (Lipinski definition) is 4. The quantitative estimate of drug-likeness (QED) is 0.860. The van der Waals surface area contributed by atoms with Gasteiger partial charge in [-0.1, -0.05) is 0 Å². The first-order valence-corrected chi connectivity index (χ1v) is 6.70. The van der Waals surface area contributed by atoms with Crippen molar-refractivity contribution in [2.24, 2.45) is 5.92 Å². The zero-order valence-corrected chi connectivity index (χ0v) is 10.6. The Morgan fingerprint density at radius 1 is 1.60 bits per heavy atom. The lowest BCUT2D eigenvalue weighted by atomic mass is 9.81. The highest BCUT2D eigenvalue weighted by atomic mass is 79.9. The zero-order chi connectivity index (χ0) is 10.3. The lowest BCUT2D eigenvalue weighted by molar-refractivity contribution is -0.0192. The summed E-state index contributed by atoms with van der Waals surface area (Å²) in [6.45, 7) is 2.35. The summed E-state index contributed by atoms with van der Waals surface area (Å²) in [6, 6.07) is 2.16. The molecule has 1 N–H and O–H groups in total. The molecule has 0 spiro atoms. The Balaban J connectivity index is 1.99. The highest BCUT2D eigenvalue weighted by molar-refractivity contribution is 9.10. The third-order valence-corrected chi connectivity index (χ3v) is 5.05. The standard InChI is InChI=1S/C10H12BrNO2S/c11-8-3-9(15-5-8)10-6-13-2-1-7(10)4-14-12-10/h3,5,7,12H,1-2,4,6H2. The number of ether oxygens (including phenoxy) is 1. The van der Waals surface area contributed by atoms with Gasteiger partial charge in [0.1, 0.15) is 5.54 Å². The third kappa shape index (κ3) is 1.57. The predicted molar refractivity (Wildman–Crippen MR) is 61.7 cm³/mol. The molecule has 5 heteroatoms. The fraction of sp³-hybridized carbons (Fsp3) is 0.600. The van der Waals surface area contributed by atoms with Crippen molar-refractivity contribution in [2.45, 2.75) is 12.0 Å². The maximum Gasteiger partial charge on any atom is 0.106 e. The molecule has 2 aliphatic heterocycles. The maximum atomic E-state index is 5.60. The first-order valence-electron chi connectivity index (χ1n) is 5.02. The van der Waals surface area contributed by atoms with E-state index < -0.39 is 0 Å². The average molecular weight is 290 g/mol. The van der Waals surface area contributed by atoms with Crippen molar-refractivity contribution in [2.75, 3.05) is 19.8 Å². The van der Waals surface area contributed by atoms with Gasteiger partial charge in [0.25, 0.3) is 0 Å². The van der Waals surface area contributed by atoms with Crippen LogP contribution in [0.1, 0.15) is 11.3 Å². The van der Waals surface area contributed by atoms with Gasteiger partial charge in [0.15, 0.2) is 0 Å². The van der Waals surface area contributed by atoms with Gasteiger partial charge in [-0.15, -0.1) is 11.3 Å². The molecule has 0 amide bonds. The fourth-order valence-electron chi connectivity index (χ4n) is 2.30. The van der Waals surface area contributed by atoms with Crippen molar-refractivity contribution in [3.63, 3.8) is 0 Å². The van der Waals surface area contributed by atoms with E-state index in [0.717, 1.165) is 24.1 Å². The fourth-order valence-corrected chi connectivity index (χ4v) is 3.94. The van der Waals surface area contributed by atoms with Gasteiger partial charge in [0.05, 0.1) is 13.2 Å². The molecule has 1 aromatic heterocycles. The van der Waals surface area contributed by atoms with Crippen LogP contribution in [0.2, 0.25) is 0 Å². The number of hydroxylamine groups is 1. The zero-order valence-electron chi connectivity index (χ0n) is 8.16. The van der Waals surface area contributed by atoms with Crippen LogP contribution in [0.25, 0.3) is 0 Å². The Morgan fingerprint density at radius 3 is 3.33 bits per heavy atom. The summed E-state index contributed by atoms with van der Waals surface area (Å²) in [5.74, 6) is 0.539. The minimum Gasteiger partial charge on any atom is -0.379 e. The van der Waals surface area contributed by atoms with Crippen LogP contribution in [-0.2, 0) is 15.1 Å². The van der Waals surface area contributed by atoms with Gasteiger partial charge in [0, 0.05) is 27.3 Å². The Labute approximate surface area is 101 Å². The maximum absolute atomic E-state index is 5.60. The minimum absolute atomic E-state index is 0.102. The van der Waals surface area contributed by atoms with E-state index in [1.807, 2.05) is 0 Å². The second-order valence-corrected chi connectivity index (χ2v) is 5.88. The van der Waals surface area contributed by atoms with Crippen molar-refractivity contribution in [3.05, 3.63) is 20.8 Å². The Hall–Kier alpha value is 0.0600. The van der Waals surface area contributed by atoms with Crippen molar-refractivity contribution < 1.29 is 9.57 Å². The van der Waals surface area contributed by atoms with E-state index in [1.54, 1.807) is 11.3 Å². The lowest BCUT2D eigenvalue weighted by Gasteiger charge is -2.36. The molecule has 2 fully saturated rings. The summed E-state index contributed by atoms with van der Waals surface area (Å²) < 4.78 is 6.73. The van der Waals surface area contributed by atoms with E-state index in [1.165, 1.54) is 4.88 Å². The monoisotopic (exact) mass is 289 g/mol. The molecule has 2 aliphatic rings.